The molecule has 126 valence electrons. The molecule has 1 aliphatic carbocycles. The molecule has 1 aliphatic rings. The van der Waals surface area contributed by atoms with Crippen molar-refractivity contribution in [2.75, 3.05) is 19.8 Å². The number of hydrogen-bond donors (Lipinski definition) is 0. The molecule has 0 radical (unpaired) electrons. The molecule has 0 aliphatic heterocycles. The van der Waals surface area contributed by atoms with Gasteiger partial charge in [-0.15, -0.1) is 0 Å². The number of carbonyl (C=O) groups is 1. The highest BCUT2D eigenvalue weighted by Gasteiger charge is 2.31. The number of benzene rings is 2. The van der Waals surface area contributed by atoms with Crippen LogP contribution in [0.2, 0.25) is 0 Å². The van der Waals surface area contributed by atoms with E-state index in [1.807, 2.05) is 24.3 Å². The normalized spacial score (nSPS) is 14.1. The average molecular weight is 341 g/mol. The van der Waals surface area contributed by atoms with Crippen LogP contribution >= 0.6 is 0 Å². The SMILES string of the molecule is CN(C)C(=O)CCCCS(=O)C1c2ccccc2-c2ccccc21. The molecule has 3 rings (SSSR count). The fourth-order valence-corrected chi connectivity index (χ4v) is 4.96. The molecule has 0 saturated carbocycles. The summed E-state index contributed by atoms with van der Waals surface area (Å²) in [5, 5.41) is -0.0399. The van der Waals surface area contributed by atoms with Crippen LogP contribution < -0.4 is 0 Å². The molecule has 0 saturated heterocycles. The van der Waals surface area contributed by atoms with Gasteiger partial charge < -0.3 is 4.90 Å². The molecule has 3 nitrogen and oxygen atoms in total. The van der Waals surface area contributed by atoms with Crippen molar-refractivity contribution in [3.63, 3.8) is 0 Å². The molecule has 0 aromatic heterocycles. The van der Waals surface area contributed by atoms with E-state index in [9.17, 15) is 9.00 Å². The van der Waals surface area contributed by atoms with Gasteiger partial charge >= 0.3 is 0 Å². The van der Waals surface area contributed by atoms with Gasteiger partial charge in [-0.3, -0.25) is 9.00 Å². The van der Waals surface area contributed by atoms with Crippen LogP contribution in [0.5, 0.6) is 0 Å². The van der Waals surface area contributed by atoms with Gasteiger partial charge in [0.1, 0.15) is 0 Å². The number of carbonyl (C=O) groups excluding carboxylic acids is 1. The molecule has 1 unspecified atom stereocenters. The molecule has 0 spiro atoms. The molecule has 0 fully saturated rings. The lowest BCUT2D eigenvalue weighted by atomic mass is 10.1. The summed E-state index contributed by atoms with van der Waals surface area (Å²) in [5.41, 5.74) is 4.74. The molecular weight excluding hydrogens is 318 g/mol. The maximum atomic E-state index is 13.0. The number of nitrogens with zero attached hydrogens (tertiary/aromatic N) is 1. The highest BCUT2D eigenvalue weighted by molar-refractivity contribution is 7.85. The van der Waals surface area contributed by atoms with Gasteiger partial charge in [0.15, 0.2) is 0 Å². The number of rotatable bonds is 6. The average Bonchev–Trinajstić information content (AvgIpc) is 2.93. The maximum absolute atomic E-state index is 13.0. The van der Waals surface area contributed by atoms with Crippen LogP contribution in [0, 0.1) is 0 Å². The van der Waals surface area contributed by atoms with E-state index in [2.05, 4.69) is 24.3 Å². The van der Waals surface area contributed by atoms with Gasteiger partial charge in [0.25, 0.3) is 0 Å². The predicted octanol–water partition coefficient (Wildman–Crippen LogP) is 3.76. The number of unbranched alkanes of at least 4 members (excludes halogenated alkanes) is 1. The van der Waals surface area contributed by atoms with Crippen LogP contribution in [-0.4, -0.2) is 34.9 Å². The minimum atomic E-state index is -0.968. The Bertz CT molecular complexity index is 724. The smallest absolute Gasteiger partial charge is 0.222 e. The highest BCUT2D eigenvalue weighted by Crippen LogP contribution is 2.46. The molecule has 0 N–H and O–H groups in total. The molecular formula is C20H23NO2S. The monoisotopic (exact) mass is 341 g/mol. The highest BCUT2D eigenvalue weighted by atomic mass is 32.2. The summed E-state index contributed by atoms with van der Waals surface area (Å²) in [6.07, 6.45) is 2.13. The summed E-state index contributed by atoms with van der Waals surface area (Å²) in [5.74, 6) is 0.769. The molecule has 2 aromatic carbocycles. The summed E-state index contributed by atoms with van der Waals surface area (Å²) in [6, 6.07) is 16.5. The second kappa shape index (κ2) is 7.31. The Kier molecular flexibility index (Phi) is 5.14. The summed E-state index contributed by atoms with van der Waals surface area (Å²) >= 11 is 0. The van der Waals surface area contributed by atoms with Gasteiger partial charge in [0.05, 0.1) is 5.25 Å². The molecule has 2 aromatic rings. The van der Waals surface area contributed by atoms with Crippen molar-refractivity contribution < 1.29 is 9.00 Å². The number of hydrogen-bond acceptors (Lipinski definition) is 2. The van der Waals surface area contributed by atoms with Gasteiger partial charge in [-0.1, -0.05) is 48.5 Å². The summed E-state index contributed by atoms with van der Waals surface area (Å²) in [7, 11) is 2.57. The first-order valence-electron chi connectivity index (χ1n) is 8.35. The number of amides is 1. The molecule has 1 atom stereocenters. The Morgan fingerprint density at radius 2 is 1.50 bits per heavy atom. The quantitative estimate of drug-likeness (QED) is 0.750. The third kappa shape index (κ3) is 3.29. The van der Waals surface area contributed by atoms with E-state index in [0.29, 0.717) is 12.2 Å². The van der Waals surface area contributed by atoms with Crippen LogP contribution in [0.1, 0.15) is 35.6 Å². The van der Waals surface area contributed by atoms with E-state index in [-0.39, 0.29) is 11.2 Å². The standard InChI is InChI=1S/C20H23NO2S/c1-21(2)19(22)13-7-8-14-24(23)20-17-11-5-3-9-15(17)16-10-4-6-12-18(16)20/h3-6,9-12,20H,7-8,13-14H2,1-2H3. The van der Waals surface area contributed by atoms with Crippen molar-refractivity contribution >= 4 is 16.7 Å². The Balaban J connectivity index is 1.70. The molecule has 1 amide bonds. The topological polar surface area (TPSA) is 37.4 Å². The first-order chi connectivity index (χ1) is 11.6. The Morgan fingerprint density at radius 1 is 0.958 bits per heavy atom. The zero-order chi connectivity index (χ0) is 17.1. The van der Waals surface area contributed by atoms with E-state index >= 15 is 0 Å². The largest absolute Gasteiger partial charge is 0.349 e. The van der Waals surface area contributed by atoms with E-state index in [4.69, 9.17) is 0 Å². The van der Waals surface area contributed by atoms with E-state index in [1.165, 1.54) is 22.3 Å². The lowest BCUT2D eigenvalue weighted by molar-refractivity contribution is -0.128. The summed E-state index contributed by atoms with van der Waals surface area (Å²) in [6.45, 7) is 0. The van der Waals surface area contributed by atoms with Crippen molar-refractivity contribution in [1.82, 2.24) is 4.90 Å². The van der Waals surface area contributed by atoms with E-state index in [1.54, 1.807) is 19.0 Å². The van der Waals surface area contributed by atoms with Crippen LogP contribution in [-0.2, 0) is 15.6 Å². The fraction of sp³-hybridized carbons (Fsp3) is 0.350. The summed E-state index contributed by atoms with van der Waals surface area (Å²) < 4.78 is 13.0. The van der Waals surface area contributed by atoms with Crippen LogP contribution in [0.25, 0.3) is 11.1 Å². The van der Waals surface area contributed by atoms with E-state index < -0.39 is 10.8 Å². The second-order valence-corrected chi connectivity index (χ2v) is 8.03. The van der Waals surface area contributed by atoms with Crippen molar-refractivity contribution in [2.24, 2.45) is 0 Å². The van der Waals surface area contributed by atoms with Gasteiger partial charge in [-0.2, -0.15) is 0 Å². The predicted molar refractivity (Wildman–Crippen MR) is 99.3 cm³/mol. The lowest BCUT2D eigenvalue weighted by Gasteiger charge is -2.14. The first kappa shape index (κ1) is 16.9. The second-order valence-electron chi connectivity index (χ2n) is 6.38. The van der Waals surface area contributed by atoms with Gasteiger partial charge in [0, 0.05) is 37.1 Å². The Labute approximate surface area is 146 Å². The number of fused-ring (bicyclic) bond motifs is 3. The van der Waals surface area contributed by atoms with Crippen molar-refractivity contribution in [1.29, 1.82) is 0 Å². The molecule has 0 bridgehead atoms. The Hall–Kier alpha value is -1.94. The molecule has 24 heavy (non-hydrogen) atoms. The molecule has 4 heteroatoms. The summed E-state index contributed by atoms with van der Waals surface area (Å²) in [4.78, 5) is 13.2. The molecule has 0 heterocycles. The third-order valence-electron chi connectivity index (χ3n) is 4.52. The first-order valence-corrected chi connectivity index (χ1v) is 9.73. The van der Waals surface area contributed by atoms with Crippen molar-refractivity contribution in [3.8, 4) is 11.1 Å². The van der Waals surface area contributed by atoms with Crippen LogP contribution in [0.4, 0.5) is 0 Å². The third-order valence-corrected chi connectivity index (χ3v) is 6.25. The van der Waals surface area contributed by atoms with Gasteiger partial charge in [-0.25, -0.2) is 0 Å². The van der Waals surface area contributed by atoms with Crippen LogP contribution in [0.3, 0.4) is 0 Å². The maximum Gasteiger partial charge on any atom is 0.222 e. The minimum Gasteiger partial charge on any atom is -0.349 e. The van der Waals surface area contributed by atoms with Gasteiger partial charge in [-0.05, 0) is 35.1 Å². The van der Waals surface area contributed by atoms with Crippen molar-refractivity contribution in [2.45, 2.75) is 24.5 Å². The van der Waals surface area contributed by atoms with Gasteiger partial charge in [0.2, 0.25) is 5.91 Å². The van der Waals surface area contributed by atoms with Crippen molar-refractivity contribution in [3.05, 3.63) is 59.7 Å². The van der Waals surface area contributed by atoms with E-state index in [0.717, 1.165) is 12.8 Å². The lowest BCUT2D eigenvalue weighted by Crippen LogP contribution is -2.21. The van der Waals surface area contributed by atoms with Crippen LogP contribution in [0.15, 0.2) is 48.5 Å². The zero-order valence-corrected chi connectivity index (χ0v) is 15.0. The minimum absolute atomic E-state index is 0.0399. The zero-order valence-electron chi connectivity index (χ0n) is 14.2. The fourth-order valence-electron chi connectivity index (χ4n) is 3.25. The Morgan fingerprint density at radius 3 is 2.04 bits per heavy atom.